The predicted octanol–water partition coefficient (Wildman–Crippen LogP) is 3.54. The third-order valence-corrected chi connectivity index (χ3v) is 3.66. The Labute approximate surface area is 110 Å². The Kier molecular flexibility index (Phi) is 4.28. The molecular weight excluding hydrogens is 244 g/mol. The van der Waals surface area contributed by atoms with E-state index in [4.69, 9.17) is 4.18 Å². The summed E-state index contributed by atoms with van der Waals surface area (Å²) in [6.07, 6.45) is 0. The van der Waals surface area contributed by atoms with Crippen molar-refractivity contribution in [2.45, 2.75) is 25.3 Å². The Hall–Kier alpha value is -1.45. The molecular formula is C15H16O2S. The van der Waals surface area contributed by atoms with E-state index >= 15 is 0 Å². The first-order chi connectivity index (χ1) is 8.65. The molecule has 1 atom stereocenters. The van der Waals surface area contributed by atoms with Crippen molar-refractivity contribution in [2.75, 3.05) is 0 Å². The SMILES string of the molecule is Cc1ccc(COS(=O)c2ccc(C)cc2)cc1. The van der Waals surface area contributed by atoms with E-state index in [-0.39, 0.29) is 0 Å². The number of hydrogen-bond donors (Lipinski definition) is 0. The summed E-state index contributed by atoms with van der Waals surface area (Å²) in [6.45, 7) is 4.40. The number of rotatable bonds is 4. The Balaban J connectivity index is 1.96. The average molecular weight is 260 g/mol. The molecule has 0 fully saturated rings. The molecule has 3 heteroatoms. The van der Waals surface area contributed by atoms with Crippen molar-refractivity contribution in [1.29, 1.82) is 0 Å². The lowest BCUT2D eigenvalue weighted by Gasteiger charge is -2.04. The van der Waals surface area contributed by atoms with Crippen molar-refractivity contribution in [1.82, 2.24) is 0 Å². The van der Waals surface area contributed by atoms with Crippen LogP contribution in [0.5, 0.6) is 0 Å². The van der Waals surface area contributed by atoms with Crippen molar-refractivity contribution in [3.63, 3.8) is 0 Å². The summed E-state index contributed by atoms with van der Waals surface area (Å²) in [4.78, 5) is 0.702. The van der Waals surface area contributed by atoms with Gasteiger partial charge >= 0.3 is 0 Å². The molecule has 0 amide bonds. The minimum absolute atomic E-state index is 0.362. The van der Waals surface area contributed by atoms with Crippen LogP contribution < -0.4 is 0 Å². The molecule has 18 heavy (non-hydrogen) atoms. The van der Waals surface area contributed by atoms with Crippen LogP contribution in [0.1, 0.15) is 16.7 Å². The van der Waals surface area contributed by atoms with Crippen molar-refractivity contribution in [3.8, 4) is 0 Å². The quantitative estimate of drug-likeness (QED) is 0.840. The van der Waals surface area contributed by atoms with E-state index in [1.54, 1.807) is 0 Å². The van der Waals surface area contributed by atoms with E-state index in [9.17, 15) is 4.21 Å². The largest absolute Gasteiger partial charge is 0.282 e. The minimum Gasteiger partial charge on any atom is -0.282 e. The summed E-state index contributed by atoms with van der Waals surface area (Å²) in [5, 5.41) is 0. The van der Waals surface area contributed by atoms with Crippen LogP contribution in [0.2, 0.25) is 0 Å². The van der Waals surface area contributed by atoms with Crippen molar-refractivity contribution < 1.29 is 8.39 Å². The van der Waals surface area contributed by atoms with Gasteiger partial charge in [0.1, 0.15) is 0 Å². The topological polar surface area (TPSA) is 26.3 Å². The maximum Gasteiger partial charge on any atom is 0.189 e. The first-order valence-electron chi connectivity index (χ1n) is 5.82. The zero-order chi connectivity index (χ0) is 13.0. The van der Waals surface area contributed by atoms with E-state index in [1.807, 2.05) is 62.4 Å². The van der Waals surface area contributed by atoms with Gasteiger partial charge in [0.25, 0.3) is 0 Å². The van der Waals surface area contributed by atoms with Crippen LogP contribution in [0.25, 0.3) is 0 Å². The summed E-state index contributed by atoms with van der Waals surface area (Å²) >= 11 is -1.40. The zero-order valence-electron chi connectivity index (χ0n) is 10.6. The van der Waals surface area contributed by atoms with Crippen LogP contribution in [0.3, 0.4) is 0 Å². The Morgan fingerprint density at radius 1 is 0.889 bits per heavy atom. The standard InChI is InChI=1S/C15H16O2S/c1-12-3-7-14(8-4-12)11-17-18(16)15-9-5-13(2)6-10-15/h3-10H,11H2,1-2H3. The van der Waals surface area contributed by atoms with Crippen LogP contribution >= 0.6 is 0 Å². The maximum atomic E-state index is 11.9. The molecule has 94 valence electrons. The Morgan fingerprint density at radius 3 is 1.94 bits per heavy atom. The van der Waals surface area contributed by atoms with E-state index in [0.717, 1.165) is 11.1 Å². The first kappa shape index (κ1) is 13.0. The fraction of sp³-hybridized carbons (Fsp3) is 0.200. The van der Waals surface area contributed by atoms with Gasteiger partial charge in [-0.15, -0.1) is 0 Å². The fourth-order valence-electron chi connectivity index (χ4n) is 1.52. The summed E-state index contributed by atoms with van der Waals surface area (Å²) in [6, 6.07) is 15.6. The summed E-state index contributed by atoms with van der Waals surface area (Å²) < 4.78 is 17.3. The minimum atomic E-state index is -1.40. The van der Waals surface area contributed by atoms with Gasteiger partial charge in [-0.1, -0.05) is 47.5 Å². The number of hydrogen-bond acceptors (Lipinski definition) is 2. The van der Waals surface area contributed by atoms with Crippen molar-refractivity contribution >= 4 is 11.1 Å². The van der Waals surface area contributed by atoms with Crippen molar-refractivity contribution in [3.05, 3.63) is 65.2 Å². The molecule has 0 aromatic heterocycles. The van der Waals surface area contributed by atoms with Crippen LogP contribution in [-0.2, 0) is 21.9 Å². The van der Waals surface area contributed by atoms with E-state index in [2.05, 4.69) is 0 Å². The molecule has 2 nitrogen and oxygen atoms in total. The molecule has 0 saturated carbocycles. The monoisotopic (exact) mass is 260 g/mol. The van der Waals surface area contributed by atoms with Gasteiger partial charge in [0.15, 0.2) is 11.1 Å². The van der Waals surface area contributed by atoms with E-state index in [0.29, 0.717) is 11.5 Å². The van der Waals surface area contributed by atoms with Gasteiger partial charge in [0.2, 0.25) is 0 Å². The van der Waals surface area contributed by atoms with Gasteiger partial charge in [-0.25, -0.2) is 4.21 Å². The lowest BCUT2D eigenvalue weighted by Crippen LogP contribution is -1.98. The van der Waals surface area contributed by atoms with Gasteiger partial charge in [0.05, 0.1) is 11.5 Å². The van der Waals surface area contributed by atoms with E-state index in [1.165, 1.54) is 5.56 Å². The molecule has 0 aliphatic carbocycles. The lowest BCUT2D eigenvalue weighted by molar-refractivity contribution is 0.337. The molecule has 2 rings (SSSR count). The molecule has 0 saturated heterocycles. The molecule has 0 aliphatic heterocycles. The van der Waals surface area contributed by atoms with Crippen LogP contribution in [0.4, 0.5) is 0 Å². The molecule has 1 unspecified atom stereocenters. The van der Waals surface area contributed by atoms with Crippen LogP contribution in [0.15, 0.2) is 53.4 Å². The Morgan fingerprint density at radius 2 is 1.39 bits per heavy atom. The van der Waals surface area contributed by atoms with E-state index < -0.39 is 11.1 Å². The summed E-state index contributed by atoms with van der Waals surface area (Å²) in [5.74, 6) is 0. The van der Waals surface area contributed by atoms with Crippen molar-refractivity contribution in [2.24, 2.45) is 0 Å². The smallest absolute Gasteiger partial charge is 0.189 e. The Bertz CT molecular complexity index is 529. The first-order valence-corrected chi connectivity index (χ1v) is 6.90. The highest BCUT2D eigenvalue weighted by Crippen LogP contribution is 2.12. The van der Waals surface area contributed by atoms with Gasteiger partial charge in [-0.2, -0.15) is 0 Å². The average Bonchev–Trinajstić information content (AvgIpc) is 2.38. The maximum absolute atomic E-state index is 11.9. The zero-order valence-corrected chi connectivity index (χ0v) is 11.4. The van der Waals surface area contributed by atoms with Gasteiger partial charge in [0, 0.05) is 0 Å². The second-order valence-corrected chi connectivity index (χ2v) is 5.47. The summed E-state index contributed by atoms with van der Waals surface area (Å²) in [7, 11) is 0. The lowest BCUT2D eigenvalue weighted by atomic mass is 10.2. The second kappa shape index (κ2) is 5.94. The third-order valence-electron chi connectivity index (χ3n) is 2.67. The molecule has 0 spiro atoms. The van der Waals surface area contributed by atoms with Crippen LogP contribution in [0, 0.1) is 13.8 Å². The molecule has 2 aromatic rings. The van der Waals surface area contributed by atoms with Gasteiger partial charge in [-0.3, -0.25) is 4.18 Å². The summed E-state index contributed by atoms with van der Waals surface area (Å²) in [5.41, 5.74) is 3.38. The molecule has 0 heterocycles. The van der Waals surface area contributed by atoms with Gasteiger partial charge < -0.3 is 0 Å². The third kappa shape index (κ3) is 3.52. The number of aryl methyl sites for hydroxylation is 2. The molecule has 0 radical (unpaired) electrons. The molecule has 2 aromatic carbocycles. The molecule has 0 N–H and O–H groups in total. The highest BCUT2D eigenvalue weighted by molar-refractivity contribution is 7.80. The number of benzene rings is 2. The normalized spacial score (nSPS) is 12.3. The van der Waals surface area contributed by atoms with Gasteiger partial charge in [-0.05, 0) is 31.5 Å². The molecule has 0 aliphatic rings. The van der Waals surface area contributed by atoms with Crippen LogP contribution in [-0.4, -0.2) is 4.21 Å². The second-order valence-electron chi connectivity index (χ2n) is 4.30. The highest BCUT2D eigenvalue weighted by Gasteiger charge is 2.04. The highest BCUT2D eigenvalue weighted by atomic mass is 32.2. The molecule has 0 bridgehead atoms. The predicted molar refractivity (Wildman–Crippen MR) is 73.6 cm³/mol. The fourth-order valence-corrected chi connectivity index (χ4v) is 2.26.